The zero-order valence-electron chi connectivity index (χ0n) is 43.8. The van der Waals surface area contributed by atoms with Gasteiger partial charge in [0.2, 0.25) is 0 Å². The lowest BCUT2D eigenvalue weighted by Crippen LogP contribution is -2.50. The maximum atomic E-state index is 7.48. The van der Waals surface area contributed by atoms with Crippen molar-refractivity contribution < 1.29 is 8.85 Å². The highest BCUT2D eigenvalue weighted by Crippen LogP contribution is 2.49. The Bertz CT molecular complexity index is 1450. The molecule has 3 aromatic rings. The van der Waals surface area contributed by atoms with Gasteiger partial charge in [-0.1, -0.05) is 249 Å². The van der Waals surface area contributed by atoms with Crippen LogP contribution in [0.5, 0.6) is 0 Å². The van der Waals surface area contributed by atoms with E-state index in [1.807, 2.05) is 0 Å². The molecule has 2 unspecified atom stereocenters. The zero-order chi connectivity index (χ0) is 47.0. The van der Waals surface area contributed by atoms with Gasteiger partial charge in [-0.2, -0.15) is 0 Å². The van der Waals surface area contributed by atoms with E-state index in [2.05, 4.69) is 189 Å². The Labute approximate surface area is 403 Å². The minimum Gasteiger partial charge on any atom is -0.413 e. The largest absolute Gasteiger partial charge is 0.413 e. The first kappa shape index (κ1) is 56.6. The number of hydrogen-bond donors (Lipinski definition) is 0. The van der Waals surface area contributed by atoms with Gasteiger partial charge in [-0.05, 0) is 84.5 Å². The molecule has 0 spiro atoms. The van der Waals surface area contributed by atoms with Crippen molar-refractivity contribution >= 4 is 28.4 Å². The van der Waals surface area contributed by atoms with Crippen LogP contribution in [0.1, 0.15) is 194 Å². The monoisotopic (exact) mass is 930 g/mol. The second-order valence-corrected chi connectivity index (χ2v) is 33.1. The van der Waals surface area contributed by atoms with E-state index in [4.69, 9.17) is 8.85 Å². The molecule has 3 rings (SSSR count). The summed E-state index contributed by atoms with van der Waals surface area (Å²) < 4.78 is 14.7. The van der Waals surface area contributed by atoms with Crippen molar-refractivity contribution in [2.75, 3.05) is 25.4 Å². The zero-order valence-corrected chi connectivity index (χ0v) is 46.6. The molecule has 64 heavy (non-hydrogen) atoms. The van der Waals surface area contributed by atoms with E-state index >= 15 is 0 Å². The third-order valence-electron chi connectivity index (χ3n) is 14.7. The fraction of sp³-hybridized carbons (Fsp3) is 0.690. The van der Waals surface area contributed by atoms with Crippen molar-refractivity contribution in [3.63, 3.8) is 0 Å². The topological polar surface area (TPSA) is 21.7 Å². The fourth-order valence-electron chi connectivity index (χ4n) is 8.69. The highest BCUT2D eigenvalue weighted by molar-refractivity contribution is 8.00. The first-order valence-corrected chi connectivity index (χ1v) is 33.2. The molecule has 2 atom stereocenters. The van der Waals surface area contributed by atoms with E-state index < -0.39 is 16.6 Å². The maximum absolute atomic E-state index is 7.48. The molecule has 0 saturated carbocycles. The molecule has 0 aliphatic heterocycles. The average Bonchev–Trinajstić information content (AvgIpc) is 3.25. The predicted octanol–water partition coefficient (Wildman–Crippen LogP) is 18.2. The third kappa shape index (κ3) is 19.5. The molecular formula is C58H99NO2SSi2. The van der Waals surface area contributed by atoms with Gasteiger partial charge in [-0.15, -0.1) is 11.8 Å². The van der Waals surface area contributed by atoms with Crippen LogP contribution in [0.25, 0.3) is 0 Å². The summed E-state index contributed by atoms with van der Waals surface area (Å²) in [7, 11) is -4.00. The lowest BCUT2D eigenvalue weighted by atomic mass is 9.84. The van der Waals surface area contributed by atoms with Crippen LogP contribution >= 0.6 is 11.8 Å². The van der Waals surface area contributed by atoms with Gasteiger partial charge in [0.25, 0.3) is 0 Å². The smallest absolute Gasteiger partial charge is 0.192 e. The van der Waals surface area contributed by atoms with Crippen molar-refractivity contribution in [2.45, 2.75) is 231 Å². The number of unbranched alkanes of at least 4 members (excludes halogenated alkanes) is 14. The number of hydrogen-bond acceptors (Lipinski definition) is 4. The minimum absolute atomic E-state index is 0.173. The average molecular weight is 931 g/mol. The van der Waals surface area contributed by atoms with Crippen LogP contribution in [-0.2, 0) is 13.6 Å². The standard InChI is InChI=1S/C58H99NO2SSi2/c1-13-15-17-19-21-23-25-36-45-54(60-63(9,10)56(3,4)5)49-59(50-55(61-64(11,12)57(6,7)8)46-37-26-24-22-20-18-16-14-2)47-38-48-62-58(51-39-30-27-31-40-51,52-41-32-28-33-42-52)53-43-34-29-35-44-53/h27-35,39-44,54-55H,13-26,36-38,45-50H2,1-12H3. The van der Waals surface area contributed by atoms with Gasteiger partial charge in [0.1, 0.15) is 0 Å². The van der Waals surface area contributed by atoms with Gasteiger partial charge < -0.3 is 8.85 Å². The van der Waals surface area contributed by atoms with Gasteiger partial charge in [0.15, 0.2) is 16.6 Å². The molecule has 0 aromatic heterocycles. The van der Waals surface area contributed by atoms with Crippen LogP contribution in [0.15, 0.2) is 91.0 Å². The Morgan fingerprint density at radius 1 is 0.453 bits per heavy atom. The van der Waals surface area contributed by atoms with Crippen LogP contribution in [0, 0.1) is 0 Å². The number of nitrogens with zero attached hydrogens (tertiary/aromatic N) is 1. The summed E-state index contributed by atoms with van der Waals surface area (Å²) >= 11 is 2.11. The Kier molecular flexibility index (Phi) is 25.9. The molecule has 0 aliphatic carbocycles. The van der Waals surface area contributed by atoms with Gasteiger partial charge in [0, 0.05) is 13.1 Å². The molecule has 0 aliphatic rings. The Morgan fingerprint density at radius 2 is 0.766 bits per heavy atom. The maximum Gasteiger partial charge on any atom is 0.192 e. The molecule has 6 heteroatoms. The first-order chi connectivity index (χ1) is 30.5. The predicted molar refractivity (Wildman–Crippen MR) is 291 cm³/mol. The number of thioether (sulfide) groups is 1. The normalized spacial score (nSPS) is 14.0. The third-order valence-corrected chi connectivity index (χ3v) is 25.4. The van der Waals surface area contributed by atoms with Crippen molar-refractivity contribution in [1.82, 2.24) is 4.90 Å². The second kappa shape index (κ2) is 29.3. The van der Waals surface area contributed by atoms with E-state index in [-0.39, 0.29) is 27.0 Å². The summed E-state index contributed by atoms with van der Waals surface area (Å²) in [6.07, 6.45) is 25.4. The first-order valence-electron chi connectivity index (χ1n) is 26.4. The summed E-state index contributed by atoms with van der Waals surface area (Å²) in [5, 5.41) is 0.346. The van der Waals surface area contributed by atoms with Crippen LogP contribution in [-0.4, -0.2) is 59.1 Å². The lowest BCUT2D eigenvalue weighted by Gasteiger charge is -2.43. The second-order valence-electron chi connectivity index (χ2n) is 22.3. The molecule has 362 valence electrons. The summed E-state index contributed by atoms with van der Waals surface area (Å²) in [6, 6.07) is 33.7. The van der Waals surface area contributed by atoms with Crippen LogP contribution in [0.3, 0.4) is 0 Å². The van der Waals surface area contributed by atoms with Gasteiger partial charge in [-0.3, -0.25) is 4.90 Å². The Morgan fingerprint density at radius 3 is 1.08 bits per heavy atom. The fourth-order valence-corrected chi connectivity index (χ4v) is 12.9. The highest BCUT2D eigenvalue weighted by atomic mass is 32.2. The quantitative estimate of drug-likeness (QED) is 0.0338. The molecule has 0 amide bonds. The van der Waals surface area contributed by atoms with Gasteiger partial charge in [-0.25, -0.2) is 0 Å². The molecule has 0 N–H and O–H groups in total. The van der Waals surface area contributed by atoms with Crippen molar-refractivity contribution in [1.29, 1.82) is 0 Å². The molecule has 0 heterocycles. The van der Waals surface area contributed by atoms with E-state index in [0.29, 0.717) is 0 Å². The Hall–Kier alpha value is -1.68. The molecule has 0 saturated heterocycles. The SMILES string of the molecule is CCCCCCCCCCC(CN(CCCSC(c1ccccc1)(c1ccccc1)c1ccccc1)CC(CCCCCCCCCC)O[Si](C)(C)C(C)(C)C)O[Si](C)(C)C(C)(C)C. The summed E-state index contributed by atoms with van der Waals surface area (Å²) in [6.45, 7) is 32.0. The van der Waals surface area contributed by atoms with Crippen molar-refractivity contribution in [3.05, 3.63) is 108 Å². The van der Waals surface area contributed by atoms with E-state index in [9.17, 15) is 0 Å². The van der Waals surface area contributed by atoms with E-state index in [0.717, 1.165) is 44.6 Å². The summed E-state index contributed by atoms with van der Waals surface area (Å²) in [5.74, 6) is 1.05. The number of rotatable bonds is 34. The van der Waals surface area contributed by atoms with Crippen molar-refractivity contribution in [3.8, 4) is 0 Å². The van der Waals surface area contributed by atoms with E-state index in [1.54, 1.807) is 0 Å². The van der Waals surface area contributed by atoms with Gasteiger partial charge >= 0.3 is 0 Å². The highest BCUT2D eigenvalue weighted by Gasteiger charge is 2.42. The summed E-state index contributed by atoms with van der Waals surface area (Å²) in [4.78, 5) is 2.82. The Balaban J connectivity index is 1.95. The molecule has 0 radical (unpaired) electrons. The van der Waals surface area contributed by atoms with Crippen LogP contribution in [0.4, 0.5) is 0 Å². The van der Waals surface area contributed by atoms with Crippen molar-refractivity contribution in [2.24, 2.45) is 0 Å². The van der Waals surface area contributed by atoms with Crippen LogP contribution in [0.2, 0.25) is 36.3 Å². The van der Waals surface area contributed by atoms with Crippen LogP contribution < -0.4 is 0 Å². The summed E-state index contributed by atoms with van der Waals surface area (Å²) in [5.41, 5.74) is 4.03. The molecule has 3 nitrogen and oxygen atoms in total. The molecule has 3 aromatic carbocycles. The van der Waals surface area contributed by atoms with Gasteiger partial charge in [0.05, 0.1) is 17.0 Å². The molecule has 0 fully saturated rings. The molecular weight excluding hydrogens is 831 g/mol. The minimum atomic E-state index is -2.00. The lowest BCUT2D eigenvalue weighted by molar-refractivity contribution is 0.0689. The molecule has 0 bridgehead atoms. The van der Waals surface area contributed by atoms with E-state index in [1.165, 1.54) is 119 Å². The number of benzene rings is 3.